The molecule has 9 heteroatoms. The fourth-order valence-corrected chi connectivity index (χ4v) is 4.59. The molecule has 7 nitrogen and oxygen atoms in total. The molecule has 0 unspecified atom stereocenters. The number of hydrogen-bond acceptors (Lipinski definition) is 5. The van der Waals surface area contributed by atoms with Gasteiger partial charge in [0.25, 0.3) is 5.91 Å². The second-order valence-corrected chi connectivity index (χ2v) is 9.66. The maximum absolute atomic E-state index is 13.3. The lowest BCUT2D eigenvalue weighted by atomic mass is 10.2. The van der Waals surface area contributed by atoms with Crippen molar-refractivity contribution in [1.82, 2.24) is 9.73 Å². The molecule has 0 aliphatic heterocycles. The van der Waals surface area contributed by atoms with E-state index in [1.807, 2.05) is 6.92 Å². The van der Waals surface area contributed by atoms with Crippen LogP contribution in [-0.4, -0.2) is 38.5 Å². The maximum atomic E-state index is 13.3. The molecule has 3 aromatic carbocycles. The largest absolute Gasteiger partial charge is 0.497 e. The van der Waals surface area contributed by atoms with Crippen molar-refractivity contribution in [2.75, 3.05) is 13.7 Å². The predicted octanol–water partition coefficient (Wildman–Crippen LogP) is 4.00. The van der Waals surface area contributed by atoms with E-state index in [4.69, 9.17) is 16.3 Å². The molecule has 0 saturated heterocycles. The SMILES string of the molecule is COc1ccc(/C=N\NC(=O)CN(Cc2cccc(Cl)c2)S(=O)(=O)c2ccc(C)cc2)cc1. The number of sulfonamides is 1. The number of ether oxygens (including phenoxy) is 1. The van der Waals surface area contributed by atoms with E-state index in [0.29, 0.717) is 16.3 Å². The monoisotopic (exact) mass is 485 g/mol. The average Bonchev–Trinajstić information content (AvgIpc) is 2.79. The number of rotatable bonds is 9. The Kier molecular flexibility index (Phi) is 8.21. The Balaban J connectivity index is 1.77. The number of amides is 1. The minimum atomic E-state index is -3.95. The maximum Gasteiger partial charge on any atom is 0.255 e. The van der Waals surface area contributed by atoms with Crippen LogP contribution in [0.5, 0.6) is 5.75 Å². The molecule has 3 aromatic rings. The predicted molar refractivity (Wildman–Crippen MR) is 129 cm³/mol. The smallest absolute Gasteiger partial charge is 0.255 e. The molecule has 1 N–H and O–H groups in total. The van der Waals surface area contributed by atoms with Crippen LogP contribution < -0.4 is 10.2 Å². The number of methoxy groups -OCH3 is 1. The van der Waals surface area contributed by atoms with Gasteiger partial charge in [0.2, 0.25) is 10.0 Å². The Morgan fingerprint density at radius 3 is 2.42 bits per heavy atom. The molecule has 0 aliphatic carbocycles. The van der Waals surface area contributed by atoms with Gasteiger partial charge in [0.1, 0.15) is 5.75 Å². The van der Waals surface area contributed by atoms with Crippen molar-refractivity contribution in [2.24, 2.45) is 5.10 Å². The first-order valence-corrected chi connectivity index (χ1v) is 11.9. The highest BCUT2D eigenvalue weighted by molar-refractivity contribution is 7.89. The number of carbonyl (C=O) groups is 1. The molecule has 0 heterocycles. The van der Waals surface area contributed by atoms with Crippen LogP contribution in [0.15, 0.2) is 82.8 Å². The van der Waals surface area contributed by atoms with Crippen LogP contribution in [0, 0.1) is 6.92 Å². The number of hydrazone groups is 1. The van der Waals surface area contributed by atoms with Gasteiger partial charge in [-0.15, -0.1) is 0 Å². The van der Waals surface area contributed by atoms with Gasteiger partial charge < -0.3 is 4.74 Å². The number of hydrogen-bond donors (Lipinski definition) is 1. The third-order valence-electron chi connectivity index (χ3n) is 4.75. The summed E-state index contributed by atoms with van der Waals surface area (Å²) in [5, 5.41) is 4.41. The van der Waals surface area contributed by atoms with E-state index in [1.54, 1.807) is 67.8 Å². The summed E-state index contributed by atoms with van der Waals surface area (Å²) in [5.41, 5.74) is 4.73. The molecule has 0 fully saturated rings. The van der Waals surface area contributed by atoms with Crippen LogP contribution in [-0.2, 0) is 21.4 Å². The van der Waals surface area contributed by atoms with E-state index in [2.05, 4.69) is 10.5 Å². The molecule has 172 valence electrons. The number of nitrogens with zero attached hydrogens (tertiary/aromatic N) is 2. The highest BCUT2D eigenvalue weighted by Crippen LogP contribution is 2.20. The second kappa shape index (κ2) is 11.1. The summed E-state index contributed by atoms with van der Waals surface area (Å²) < 4.78 is 32.8. The zero-order chi connectivity index (χ0) is 23.8. The summed E-state index contributed by atoms with van der Waals surface area (Å²) in [6.07, 6.45) is 1.47. The number of aryl methyl sites for hydroxylation is 1. The molecule has 0 atom stereocenters. The summed E-state index contributed by atoms with van der Waals surface area (Å²) >= 11 is 6.05. The Morgan fingerprint density at radius 1 is 1.09 bits per heavy atom. The first kappa shape index (κ1) is 24.4. The Labute approximate surface area is 198 Å². The van der Waals surface area contributed by atoms with E-state index in [0.717, 1.165) is 15.4 Å². The molecule has 3 rings (SSSR count). The lowest BCUT2D eigenvalue weighted by Crippen LogP contribution is -2.39. The quantitative estimate of drug-likeness (QED) is 0.366. The lowest BCUT2D eigenvalue weighted by molar-refractivity contribution is -0.121. The first-order chi connectivity index (χ1) is 15.8. The fraction of sp³-hybridized carbons (Fsp3) is 0.167. The van der Waals surface area contributed by atoms with Crippen molar-refractivity contribution in [2.45, 2.75) is 18.4 Å². The van der Waals surface area contributed by atoms with Gasteiger partial charge in [-0.3, -0.25) is 4.79 Å². The average molecular weight is 486 g/mol. The van der Waals surface area contributed by atoms with Gasteiger partial charge in [-0.1, -0.05) is 41.4 Å². The molecule has 1 amide bonds. The third-order valence-corrected chi connectivity index (χ3v) is 6.79. The number of benzene rings is 3. The number of carbonyl (C=O) groups excluding carboxylic acids is 1. The fourth-order valence-electron chi connectivity index (χ4n) is 2.99. The molecular weight excluding hydrogens is 462 g/mol. The van der Waals surface area contributed by atoms with E-state index in [9.17, 15) is 13.2 Å². The van der Waals surface area contributed by atoms with Gasteiger partial charge in [0.05, 0.1) is 24.8 Å². The van der Waals surface area contributed by atoms with Crippen LogP contribution in [0.2, 0.25) is 5.02 Å². The zero-order valence-electron chi connectivity index (χ0n) is 18.2. The minimum Gasteiger partial charge on any atom is -0.497 e. The van der Waals surface area contributed by atoms with Gasteiger partial charge in [-0.25, -0.2) is 13.8 Å². The summed E-state index contributed by atoms with van der Waals surface area (Å²) in [6, 6.07) is 20.4. The molecule has 0 saturated carbocycles. The van der Waals surface area contributed by atoms with Gasteiger partial charge in [-0.2, -0.15) is 9.41 Å². The van der Waals surface area contributed by atoms with E-state index in [1.165, 1.54) is 18.3 Å². The van der Waals surface area contributed by atoms with E-state index >= 15 is 0 Å². The second-order valence-electron chi connectivity index (χ2n) is 7.28. The van der Waals surface area contributed by atoms with Crippen molar-refractivity contribution in [3.63, 3.8) is 0 Å². The topological polar surface area (TPSA) is 88.1 Å². The standard InChI is InChI=1S/C24H24ClN3O4S/c1-18-6-12-23(13-7-18)33(30,31)28(16-20-4-3-5-21(25)14-20)17-24(29)27-26-15-19-8-10-22(32-2)11-9-19/h3-15H,16-17H2,1-2H3,(H,27,29)/b26-15-. The Morgan fingerprint density at radius 2 is 1.79 bits per heavy atom. The molecule has 0 radical (unpaired) electrons. The Bertz CT molecular complexity index is 1230. The van der Waals surface area contributed by atoms with Gasteiger partial charge in [0.15, 0.2) is 0 Å². The first-order valence-electron chi connectivity index (χ1n) is 10.0. The van der Waals surface area contributed by atoms with Crippen LogP contribution in [0.25, 0.3) is 0 Å². The molecule has 0 aromatic heterocycles. The molecule has 0 spiro atoms. The summed E-state index contributed by atoms with van der Waals surface area (Å²) in [7, 11) is -2.37. The normalized spacial score (nSPS) is 11.6. The van der Waals surface area contributed by atoms with Crippen molar-refractivity contribution in [3.8, 4) is 5.75 Å². The minimum absolute atomic E-state index is 0.0214. The number of halogens is 1. The van der Waals surface area contributed by atoms with Crippen LogP contribution in [0.1, 0.15) is 16.7 Å². The molecule has 33 heavy (non-hydrogen) atoms. The number of nitrogens with one attached hydrogen (secondary N) is 1. The van der Waals surface area contributed by atoms with E-state index < -0.39 is 22.5 Å². The van der Waals surface area contributed by atoms with E-state index in [-0.39, 0.29) is 11.4 Å². The lowest BCUT2D eigenvalue weighted by Gasteiger charge is -2.21. The third kappa shape index (κ3) is 6.89. The van der Waals surface area contributed by atoms with Crippen LogP contribution in [0.4, 0.5) is 0 Å². The van der Waals surface area contributed by atoms with Crippen LogP contribution >= 0.6 is 11.6 Å². The van der Waals surface area contributed by atoms with Crippen molar-refractivity contribution < 1.29 is 17.9 Å². The van der Waals surface area contributed by atoms with Crippen molar-refractivity contribution >= 4 is 33.7 Å². The van der Waals surface area contributed by atoms with Crippen molar-refractivity contribution in [1.29, 1.82) is 0 Å². The Hall–Kier alpha value is -3.20. The summed E-state index contributed by atoms with van der Waals surface area (Å²) in [6.45, 7) is 1.43. The van der Waals surface area contributed by atoms with Crippen LogP contribution in [0.3, 0.4) is 0 Å². The summed E-state index contributed by atoms with van der Waals surface area (Å²) in [4.78, 5) is 12.7. The highest BCUT2D eigenvalue weighted by Gasteiger charge is 2.27. The molecule has 0 bridgehead atoms. The van der Waals surface area contributed by atoms with Gasteiger partial charge in [0, 0.05) is 11.6 Å². The highest BCUT2D eigenvalue weighted by atomic mass is 35.5. The molecule has 0 aliphatic rings. The van der Waals surface area contributed by atoms with Crippen molar-refractivity contribution in [3.05, 3.63) is 94.5 Å². The van der Waals surface area contributed by atoms with Gasteiger partial charge >= 0.3 is 0 Å². The zero-order valence-corrected chi connectivity index (χ0v) is 19.8. The molecular formula is C24H24ClN3O4S. The van der Waals surface area contributed by atoms with Gasteiger partial charge in [-0.05, 0) is 66.6 Å². The summed E-state index contributed by atoms with van der Waals surface area (Å²) in [5.74, 6) is 0.131.